The van der Waals surface area contributed by atoms with Crippen molar-refractivity contribution >= 4 is 12.1 Å². The van der Waals surface area contributed by atoms with Crippen LogP contribution < -0.4 is 0 Å². The van der Waals surface area contributed by atoms with E-state index in [1.54, 1.807) is 11.9 Å². The quantitative estimate of drug-likeness (QED) is 0.694. The summed E-state index contributed by atoms with van der Waals surface area (Å²) in [5, 5.41) is 0. The number of carbonyl (C=O) groups excluding carboxylic acids is 2. The zero-order valence-corrected chi connectivity index (χ0v) is 11.1. The topological polar surface area (TPSA) is 55.8 Å². The molecule has 17 heavy (non-hydrogen) atoms. The molecule has 0 N–H and O–H groups in total. The largest absolute Gasteiger partial charge is 0.469 e. The van der Waals surface area contributed by atoms with Crippen molar-refractivity contribution in [2.24, 2.45) is 5.92 Å². The number of carbonyl (C=O) groups is 2. The maximum atomic E-state index is 11.7. The fraction of sp³-hybridized carbons (Fsp3) is 0.833. The van der Waals surface area contributed by atoms with Crippen LogP contribution in [-0.4, -0.2) is 42.8 Å². The van der Waals surface area contributed by atoms with E-state index >= 15 is 0 Å². The molecule has 0 aromatic heterocycles. The van der Waals surface area contributed by atoms with Gasteiger partial charge >= 0.3 is 12.1 Å². The van der Waals surface area contributed by atoms with Gasteiger partial charge < -0.3 is 14.4 Å². The molecule has 1 rings (SSSR count). The lowest BCUT2D eigenvalue weighted by atomic mass is 9.79. The minimum absolute atomic E-state index is 0.0742. The first-order valence-electron chi connectivity index (χ1n) is 5.78. The maximum Gasteiger partial charge on any atom is 0.410 e. The zero-order chi connectivity index (χ0) is 13.2. The lowest BCUT2D eigenvalue weighted by Crippen LogP contribution is -2.49. The molecular formula is C12H21NO4. The van der Waals surface area contributed by atoms with Crippen molar-refractivity contribution in [3.63, 3.8) is 0 Å². The third kappa shape index (κ3) is 3.61. The van der Waals surface area contributed by atoms with Gasteiger partial charge in [0, 0.05) is 13.1 Å². The predicted molar refractivity (Wildman–Crippen MR) is 62.5 cm³/mol. The van der Waals surface area contributed by atoms with Gasteiger partial charge in [0.2, 0.25) is 0 Å². The number of ether oxygens (including phenoxy) is 2. The van der Waals surface area contributed by atoms with Crippen LogP contribution in [-0.2, 0) is 14.3 Å². The summed E-state index contributed by atoms with van der Waals surface area (Å²) < 4.78 is 9.90. The van der Waals surface area contributed by atoms with Gasteiger partial charge in [-0.25, -0.2) is 4.79 Å². The Balaban J connectivity index is 2.39. The predicted octanol–water partition coefficient (Wildman–Crippen LogP) is 1.80. The number of amides is 1. The van der Waals surface area contributed by atoms with E-state index in [2.05, 4.69) is 4.74 Å². The van der Waals surface area contributed by atoms with Gasteiger partial charge in [-0.05, 0) is 33.6 Å². The van der Waals surface area contributed by atoms with Crippen LogP contribution in [0.4, 0.5) is 4.79 Å². The minimum Gasteiger partial charge on any atom is -0.469 e. The Morgan fingerprint density at radius 1 is 1.24 bits per heavy atom. The molecule has 0 atom stereocenters. The lowest BCUT2D eigenvalue weighted by Gasteiger charge is -2.39. The second kappa shape index (κ2) is 4.94. The van der Waals surface area contributed by atoms with Gasteiger partial charge in [0.15, 0.2) is 0 Å². The summed E-state index contributed by atoms with van der Waals surface area (Å²) in [6.45, 7) is 5.49. The van der Waals surface area contributed by atoms with Crippen LogP contribution in [0.2, 0.25) is 0 Å². The molecule has 1 fully saturated rings. The molecule has 5 heteroatoms. The Kier molecular flexibility index (Phi) is 4.01. The standard InChI is InChI=1S/C12H21NO4/c1-12(2,3)17-11(15)13(4)9-6-8(7-9)10(14)16-5/h8-9H,6-7H2,1-5H3. The van der Waals surface area contributed by atoms with E-state index in [9.17, 15) is 9.59 Å². The summed E-state index contributed by atoms with van der Waals surface area (Å²) in [4.78, 5) is 24.5. The molecule has 1 saturated carbocycles. The van der Waals surface area contributed by atoms with Crippen molar-refractivity contribution in [1.82, 2.24) is 4.90 Å². The van der Waals surface area contributed by atoms with E-state index < -0.39 is 5.60 Å². The zero-order valence-electron chi connectivity index (χ0n) is 11.1. The second-order valence-corrected chi connectivity index (χ2v) is 5.44. The Hall–Kier alpha value is -1.26. The molecular weight excluding hydrogens is 222 g/mol. The Bertz CT molecular complexity index is 302. The molecule has 0 bridgehead atoms. The summed E-state index contributed by atoms with van der Waals surface area (Å²) in [5.41, 5.74) is -0.489. The highest BCUT2D eigenvalue weighted by molar-refractivity contribution is 5.74. The maximum absolute atomic E-state index is 11.7. The van der Waals surface area contributed by atoms with Gasteiger partial charge in [-0.1, -0.05) is 0 Å². The number of nitrogens with zero attached hydrogens (tertiary/aromatic N) is 1. The smallest absolute Gasteiger partial charge is 0.410 e. The van der Waals surface area contributed by atoms with Crippen molar-refractivity contribution in [1.29, 1.82) is 0 Å². The summed E-state index contributed by atoms with van der Waals surface area (Å²) in [6.07, 6.45) is 0.969. The van der Waals surface area contributed by atoms with Crippen LogP contribution in [0, 0.1) is 5.92 Å². The summed E-state index contributed by atoms with van der Waals surface area (Å²) in [6, 6.07) is 0.0777. The molecule has 5 nitrogen and oxygen atoms in total. The van der Waals surface area contributed by atoms with E-state index in [0.29, 0.717) is 12.8 Å². The summed E-state index contributed by atoms with van der Waals surface area (Å²) >= 11 is 0. The van der Waals surface area contributed by atoms with E-state index in [0.717, 1.165) is 0 Å². The highest BCUT2D eigenvalue weighted by atomic mass is 16.6. The number of rotatable bonds is 2. The van der Waals surface area contributed by atoms with Crippen molar-refractivity contribution in [3.05, 3.63) is 0 Å². The van der Waals surface area contributed by atoms with Gasteiger partial charge in [0.25, 0.3) is 0 Å². The molecule has 0 radical (unpaired) electrons. The highest BCUT2D eigenvalue weighted by Gasteiger charge is 2.40. The second-order valence-electron chi connectivity index (χ2n) is 5.44. The normalized spacial score (nSPS) is 23.6. The first kappa shape index (κ1) is 13.8. The van der Waals surface area contributed by atoms with E-state index in [-0.39, 0.29) is 24.0 Å². The third-order valence-corrected chi connectivity index (χ3v) is 2.88. The number of hydrogen-bond donors (Lipinski definition) is 0. The van der Waals surface area contributed by atoms with Crippen molar-refractivity contribution < 1.29 is 19.1 Å². The molecule has 0 spiro atoms. The molecule has 1 aliphatic rings. The molecule has 0 heterocycles. The Morgan fingerprint density at radius 2 is 1.76 bits per heavy atom. The van der Waals surface area contributed by atoms with Crippen LogP contribution in [0.1, 0.15) is 33.6 Å². The Labute approximate surface area is 102 Å². The molecule has 0 aliphatic heterocycles. The van der Waals surface area contributed by atoms with Gasteiger partial charge in [-0.3, -0.25) is 4.79 Å². The van der Waals surface area contributed by atoms with Crippen LogP contribution in [0.5, 0.6) is 0 Å². The monoisotopic (exact) mass is 243 g/mol. The lowest BCUT2D eigenvalue weighted by molar-refractivity contribution is -0.150. The first-order chi connectivity index (χ1) is 7.74. The van der Waals surface area contributed by atoms with Crippen LogP contribution in [0.3, 0.4) is 0 Å². The number of hydrogen-bond acceptors (Lipinski definition) is 4. The van der Waals surface area contributed by atoms with E-state index in [1.165, 1.54) is 7.11 Å². The summed E-state index contributed by atoms with van der Waals surface area (Å²) in [7, 11) is 3.08. The van der Waals surface area contributed by atoms with Crippen molar-refractivity contribution in [2.75, 3.05) is 14.2 Å². The molecule has 0 unspecified atom stereocenters. The van der Waals surface area contributed by atoms with Gasteiger partial charge in [-0.2, -0.15) is 0 Å². The first-order valence-corrected chi connectivity index (χ1v) is 5.78. The Morgan fingerprint density at radius 3 is 2.18 bits per heavy atom. The molecule has 1 amide bonds. The van der Waals surface area contributed by atoms with Gasteiger partial charge in [-0.15, -0.1) is 0 Å². The van der Waals surface area contributed by atoms with Gasteiger partial charge in [0.1, 0.15) is 5.60 Å². The van der Waals surface area contributed by atoms with E-state index in [4.69, 9.17) is 4.74 Å². The molecule has 0 aromatic rings. The van der Waals surface area contributed by atoms with Crippen molar-refractivity contribution in [2.45, 2.75) is 45.3 Å². The average Bonchev–Trinajstić information content (AvgIpc) is 2.12. The van der Waals surface area contributed by atoms with E-state index in [1.807, 2.05) is 20.8 Å². The summed E-state index contributed by atoms with van der Waals surface area (Å²) in [5.74, 6) is -0.270. The van der Waals surface area contributed by atoms with Crippen LogP contribution in [0.25, 0.3) is 0 Å². The fourth-order valence-electron chi connectivity index (χ4n) is 1.75. The molecule has 0 saturated heterocycles. The molecule has 0 aromatic carbocycles. The SMILES string of the molecule is COC(=O)C1CC(N(C)C(=O)OC(C)(C)C)C1. The average molecular weight is 243 g/mol. The highest BCUT2D eigenvalue weighted by Crippen LogP contribution is 2.32. The van der Waals surface area contributed by atoms with Crippen molar-refractivity contribution in [3.8, 4) is 0 Å². The number of methoxy groups -OCH3 is 1. The molecule has 98 valence electrons. The number of esters is 1. The van der Waals surface area contributed by atoms with Crippen LogP contribution >= 0.6 is 0 Å². The third-order valence-electron chi connectivity index (χ3n) is 2.88. The minimum atomic E-state index is -0.489. The van der Waals surface area contributed by atoms with Gasteiger partial charge in [0.05, 0.1) is 13.0 Å². The molecule has 1 aliphatic carbocycles. The fourth-order valence-corrected chi connectivity index (χ4v) is 1.75. The van der Waals surface area contributed by atoms with Crippen LogP contribution in [0.15, 0.2) is 0 Å².